The summed E-state index contributed by atoms with van der Waals surface area (Å²) in [7, 11) is 0. The maximum absolute atomic E-state index is 14.8. The molecule has 1 aliphatic heterocycles. The number of fused-ring (bicyclic) bond motifs is 1. The van der Waals surface area contributed by atoms with Crippen LogP contribution in [0.1, 0.15) is 67.9 Å². The van der Waals surface area contributed by atoms with E-state index in [1.165, 1.54) is 12.1 Å². The highest BCUT2D eigenvalue weighted by Crippen LogP contribution is 2.41. The molecule has 0 unspecified atom stereocenters. The highest BCUT2D eigenvalue weighted by Gasteiger charge is 2.55. The van der Waals surface area contributed by atoms with Crippen LogP contribution < -0.4 is 0 Å². The standard InChI is InChI=1S/C20H25F2NO3/c1-12-9-10-13-14(11-12)20(21,22)18(25)23(17(13)24)15-7-5-6-8-16(15)26-19(2,3)4/h9-11,15-16H,5-8H2,1-4H3/t15-,16-/m1/s1. The van der Waals surface area contributed by atoms with Crippen LogP contribution in [0.3, 0.4) is 0 Å². The minimum absolute atomic E-state index is 0.0970. The fourth-order valence-electron chi connectivity index (χ4n) is 3.86. The summed E-state index contributed by atoms with van der Waals surface area (Å²) in [5.74, 6) is -5.79. The monoisotopic (exact) mass is 365 g/mol. The Morgan fingerprint density at radius 1 is 1.15 bits per heavy atom. The summed E-state index contributed by atoms with van der Waals surface area (Å²) < 4.78 is 35.7. The van der Waals surface area contributed by atoms with E-state index in [0.717, 1.165) is 17.7 Å². The molecule has 2 aliphatic rings. The van der Waals surface area contributed by atoms with Crippen molar-refractivity contribution in [1.82, 2.24) is 4.90 Å². The van der Waals surface area contributed by atoms with Crippen molar-refractivity contribution in [2.45, 2.75) is 77.0 Å². The molecular formula is C20H25F2NO3. The lowest BCUT2D eigenvalue weighted by Gasteiger charge is -2.44. The topological polar surface area (TPSA) is 46.6 Å². The number of hydrogen-bond acceptors (Lipinski definition) is 3. The maximum Gasteiger partial charge on any atom is 0.351 e. The van der Waals surface area contributed by atoms with Crippen molar-refractivity contribution in [3.8, 4) is 0 Å². The van der Waals surface area contributed by atoms with Gasteiger partial charge in [0.05, 0.1) is 17.7 Å². The number of benzene rings is 1. The highest BCUT2D eigenvalue weighted by atomic mass is 19.3. The van der Waals surface area contributed by atoms with Crippen LogP contribution in [0.2, 0.25) is 0 Å². The summed E-state index contributed by atoms with van der Waals surface area (Å²) in [5.41, 5.74) is -0.489. The van der Waals surface area contributed by atoms with Gasteiger partial charge in [-0.05, 0) is 52.7 Å². The van der Waals surface area contributed by atoms with E-state index in [9.17, 15) is 18.4 Å². The number of hydrogen-bond donors (Lipinski definition) is 0. The van der Waals surface area contributed by atoms with E-state index < -0.39 is 41.0 Å². The molecule has 1 aromatic rings. The van der Waals surface area contributed by atoms with Crippen molar-refractivity contribution in [3.63, 3.8) is 0 Å². The number of imide groups is 1. The van der Waals surface area contributed by atoms with Crippen molar-refractivity contribution in [2.24, 2.45) is 0 Å². The van der Waals surface area contributed by atoms with Gasteiger partial charge in [0.1, 0.15) is 0 Å². The van der Waals surface area contributed by atoms with E-state index in [1.54, 1.807) is 13.0 Å². The number of ether oxygens (including phenoxy) is 1. The zero-order valence-corrected chi connectivity index (χ0v) is 15.6. The van der Waals surface area contributed by atoms with E-state index in [0.29, 0.717) is 18.4 Å². The molecule has 26 heavy (non-hydrogen) atoms. The number of carbonyl (C=O) groups excluding carboxylic acids is 2. The highest BCUT2D eigenvalue weighted by molar-refractivity contribution is 6.12. The smallest absolute Gasteiger partial charge is 0.351 e. The molecular weight excluding hydrogens is 340 g/mol. The molecule has 1 fully saturated rings. The van der Waals surface area contributed by atoms with E-state index >= 15 is 0 Å². The second kappa shape index (κ2) is 6.41. The third-order valence-corrected chi connectivity index (χ3v) is 4.95. The molecule has 0 bridgehead atoms. The number of alkyl halides is 2. The van der Waals surface area contributed by atoms with Crippen LogP contribution in [-0.2, 0) is 15.5 Å². The number of halogens is 2. The molecule has 1 aliphatic carbocycles. The summed E-state index contributed by atoms with van der Waals surface area (Å²) in [6, 6.07) is 3.57. The Kier molecular flexibility index (Phi) is 4.67. The minimum atomic E-state index is -3.71. The van der Waals surface area contributed by atoms with Crippen molar-refractivity contribution in [1.29, 1.82) is 0 Å². The van der Waals surface area contributed by atoms with Crippen molar-refractivity contribution in [2.75, 3.05) is 0 Å². The first-order valence-electron chi connectivity index (χ1n) is 9.07. The van der Waals surface area contributed by atoms with Gasteiger partial charge < -0.3 is 4.74 Å². The summed E-state index contributed by atoms with van der Waals surface area (Å²) in [4.78, 5) is 26.4. The molecule has 142 valence electrons. The third kappa shape index (κ3) is 3.27. The number of amides is 2. The van der Waals surface area contributed by atoms with Crippen molar-refractivity contribution in [3.05, 3.63) is 34.9 Å². The number of nitrogens with zero attached hydrogens (tertiary/aromatic N) is 1. The fourth-order valence-corrected chi connectivity index (χ4v) is 3.86. The van der Waals surface area contributed by atoms with Crippen LogP contribution >= 0.6 is 0 Å². The molecule has 0 aromatic heterocycles. The van der Waals surface area contributed by atoms with E-state index in [4.69, 9.17) is 4.74 Å². The predicted molar refractivity (Wildman–Crippen MR) is 93.1 cm³/mol. The van der Waals surface area contributed by atoms with Gasteiger partial charge in [-0.1, -0.05) is 24.5 Å². The zero-order chi connectivity index (χ0) is 19.3. The average molecular weight is 365 g/mol. The Morgan fingerprint density at radius 2 is 1.81 bits per heavy atom. The van der Waals surface area contributed by atoms with Gasteiger partial charge in [-0.15, -0.1) is 0 Å². The molecule has 1 aromatic carbocycles. The van der Waals surface area contributed by atoms with E-state index in [1.807, 2.05) is 20.8 Å². The van der Waals surface area contributed by atoms with Crippen LogP contribution in [0.4, 0.5) is 8.78 Å². The molecule has 0 N–H and O–H groups in total. The number of aryl methyl sites for hydroxylation is 1. The number of carbonyl (C=O) groups is 2. The molecule has 4 nitrogen and oxygen atoms in total. The van der Waals surface area contributed by atoms with Gasteiger partial charge in [0.2, 0.25) is 0 Å². The normalized spacial score (nSPS) is 26.0. The molecule has 2 amide bonds. The predicted octanol–water partition coefficient (Wildman–Crippen LogP) is 4.20. The molecule has 3 rings (SSSR count). The largest absolute Gasteiger partial charge is 0.370 e. The van der Waals surface area contributed by atoms with Crippen molar-refractivity contribution < 1.29 is 23.1 Å². The molecule has 0 spiro atoms. The second-order valence-corrected chi connectivity index (χ2v) is 8.22. The minimum Gasteiger partial charge on any atom is -0.370 e. The number of rotatable bonds is 2. The molecule has 6 heteroatoms. The summed E-state index contributed by atoms with van der Waals surface area (Å²) in [6.07, 6.45) is 2.36. The molecule has 2 atom stereocenters. The summed E-state index contributed by atoms with van der Waals surface area (Å²) in [6.45, 7) is 7.30. The summed E-state index contributed by atoms with van der Waals surface area (Å²) in [5, 5.41) is 0. The average Bonchev–Trinajstić information content (AvgIpc) is 2.53. The Balaban J connectivity index is 2.02. The Morgan fingerprint density at radius 3 is 2.46 bits per heavy atom. The fraction of sp³-hybridized carbons (Fsp3) is 0.600. The van der Waals surface area contributed by atoms with E-state index in [2.05, 4.69) is 0 Å². The lowest BCUT2D eigenvalue weighted by Crippen LogP contribution is -2.59. The lowest BCUT2D eigenvalue weighted by molar-refractivity contribution is -0.167. The molecule has 1 heterocycles. The zero-order valence-electron chi connectivity index (χ0n) is 15.6. The van der Waals surface area contributed by atoms with Gasteiger partial charge in [0, 0.05) is 11.1 Å². The maximum atomic E-state index is 14.8. The first-order chi connectivity index (χ1) is 12.0. The lowest BCUT2D eigenvalue weighted by atomic mass is 9.86. The van der Waals surface area contributed by atoms with Gasteiger partial charge in [-0.3, -0.25) is 14.5 Å². The van der Waals surface area contributed by atoms with Gasteiger partial charge in [0.15, 0.2) is 0 Å². The van der Waals surface area contributed by atoms with Crippen LogP contribution in [0.15, 0.2) is 18.2 Å². The molecule has 0 saturated heterocycles. The quantitative estimate of drug-likeness (QED) is 0.738. The molecule has 0 radical (unpaired) electrons. The van der Waals surface area contributed by atoms with Crippen LogP contribution in [0.25, 0.3) is 0 Å². The van der Waals surface area contributed by atoms with Gasteiger partial charge in [0.25, 0.3) is 5.91 Å². The van der Waals surface area contributed by atoms with Crippen LogP contribution in [0.5, 0.6) is 0 Å². The van der Waals surface area contributed by atoms with Gasteiger partial charge >= 0.3 is 11.8 Å². The Bertz CT molecular complexity index is 739. The first-order valence-corrected chi connectivity index (χ1v) is 9.07. The Hall–Kier alpha value is -1.82. The third-order valence-electron chi connectivity index (χ3n) is 4.95. The van der Waals surface area contributed by atoms with Crippen LogP contribution in [-0.4, -0.2) is 34.5 Å². The summed E-state index contributed by atoms with van der Waals surface area (Å²) >= 11 is 0. The second-order valence-electron chi connectivity index (χ2n) is 8.22. The van der Waals surface area contributed by atoms with Crippen molar-refractivity contribution >= 4 is 11.8 Å². The van der Waals surface area contributed by atoms with E-state index in [-0.39, 0.29) is 5.56 Å². The first kappa shape index (κ1) is 19.0. The Labute approximate surface area is 152 Å². The van der Waals surface area contributed by atoms with Crippen LogP contribution in [0, 0.1) is 6.92 Å². The van der Waals surface area contributed by atoms with Gasteiger partial charge in [-0.2, -0.15) is 8.78 Å². The SMILES string of the molecule is Cc1ccc2c(c1)C(F)(F)C(=O)N([C@@H]1CCCC[C@H]1OC(C)(C)C)C2=O. The van der Waals surface area contributed by atoms with Gasteiger partial charge in [-0.25, -0.2) is 0 Å². The molecule has 1 saturated carbocycles.